The molecule has 0 aromatic heterocycles. The van der Waals surface area contributed by atoms with E-state index >= 15 is 0 Å². The quantitative estimate of drug-likeness (QED) is 0.234. The predicted molar refractivity (Wildman–Crippen MR) is 128 cm³/mol. The van der Waals surface area contributed by atoms with Crippen LogP contribution < -0.4 is 0 Å². The lowest BCUT2D eigenvalue weighted by Gasteiger charge is -1.52. The largest absolute Gasteiger partial charge is 0.397 e. The molecule has 0 fully saturated rings. The fraction of sp³-hybridized carbons (Fsp3) is 1.00. The van der Waals surface area contributed by atoms with Gasteiger partial charge in [-0.25, -0.2) is 0 Å². The van der Waals surface area contributed by atoms with E-state index < -0.39 is 0 Å². The maximum atomic E-state index is 7.57. The van der Waals surface area contributed by atoms with Crippen molar-refractivity contribution in [2.24, 2.45) is 0 Å². The summed E-state index contributed by atoms with van der Waals surface area (Å²) in [6.45, 7) is 19.3. The molecule has 0 saturated carbocycles. The minimum atomic E-state index is 0.250. The molecular weight excluding hydrogens is 400 g/mol. The molecule has 0 atom stereocenters. The van der Waals surface area contributed by atoms with Crippen molar-refractivity contribution in [2.45, 2.75) is 69.2 Å². The minimum absolute atomic E-state index is 0.250. The summed E-state index contributed by atoms with van der Waals surface area (Å²) < 4.78 is 0. The van der Waals surface area contributed by atoms with Crippen LogP contribution in [0.15, 0.2) is 0 Å². The topological polar surface area (TPSA) is 202 Å². The Balaban J connectivity index is -0.0000000185. The van der Waals surface area contributed by atoms with Crippen LogP contribution in [0.5, 0.6) is 0 Å². The van der Waals surface area contributed by atoms with Crippen molar-refractivity contribution in [3.63, 3.8) is 0 Å². The fourth-order valence-corrected chi connectivity index (χ4v) is 0. The third kappa shape index (κ3) is 122000. The van der Waals surface area contributed by atoms with Gasteiger partial charge in [-0.05, 0) is 69.2 Å². The van der Waals surface area contributed by atoms with Crippen molar-refractivity contribution in [3.05, 3.63) is 0 Å². The van der Waals surface area contributed by atoms with Crippen molar-refractivity contribution in [3.8, 4) is 0 Å². The monoisotopic (exact) mass is 460 g/mol. The highest BCUT2D eigenvalue weighted by Gasteiger charge is 1.37. The second-order valence-corrected chi connectivity index (χ2v) is 3.16. The molecule has 0 amide bonds. The van der Waals surface area contributed by atoms with E-state index in [0.29, 0.717) is 0 Å². The summed E-state index contributed by atoms with van der Waals surface area (Å²) in [6, 6.07) is 0. The molecule has 0 spiro atoms. The van der Waals surface area contributed by atoms with Gasteiger partial charge in [-0.2, -0.15) is 0 Å². The molecule has 0 aliphatic heterocycles. The standard InChI is InChI=1S/10C2H6O/c10*1-2-3/h10*3H,2H2,1H3. The summed E-state index contributed by atoms with van der Waals surface area (Å²) in [5, 5.41) is 75.7. The molecule has 0 aliphatic rings. The Kier molecular flexibility index (Phi) is 497. The smallest absolute Gasteiger partial charge is 0.0402 e. The molecule has 0 rings (SSSR count). The summed E-state index contributed by atoms with van der Waals surface area (Å²) in [6.07, 6.45) is 0. The highest BCUT2D eigenvalue weighted by Crippen LogP contribution is 1.32. The van der Waals surface area contributed by atoms with Gasteiger partial charge >= 0.3 is 0 Å². The van der Waals surface area contributed by atoms with E-state index in [1.165, 1.54) is 0 Å². The molecule has 0 aliphatic carbocycles. The third-order valence-electron chi connectivity index (χ3n) is 0. The molecule has 0 heterocycles. The van der Waals surface area contributed by atoms with Crippen molar-refractivity contribution >= 4 is 0 Å². The second kappa shape index (κ2) is 236. The first kappa shape index (κ1) is 63.0. The van der Waals surface area contributed by atoms with E-state index in [9.17, 15) is 0 Å². The lowest BCUT2D eigenvalue weighted by atomic mass is 10.9. The summed E-state index contributed by atoms with van der Waals surface area (Å²) in [5.41, 5.74) is 0. The predicted octanol–water partition coefficient (Wildman–Crippen LogP) is -0.0140. The van der Waals surface area contributed by atoms with Gasteiger partial charge < -0.3 is 51.1 Å². The van der Waals surface area contributed by atoms with Crippen LogP contribution in [0.25, 0.3) is 0 Å². The molecule has 10 heteroatoms. The zero-order valence-corrected chi connectivity index (χ0v) is 21.5. The normalized spacial score (nSPS) is 6.00. The zero-order valence-electron chi connectivity index (χ0n) is 21.5. The molecule has 10 N–H and O–H groups in total. The number of hydrogen-bond acceptors (Lipinski definition) is 10. The van der Waals surface area contributed by atoms with E-state index in [0.717, 1.165) is 0 Å². The Morgan fingerprint density at radius 3 is 0.200 bits per heavy atom. The average Bonchev–Trinajstić information content (AvgIpc) is 2.61. The molecule has 30 heavy (non-hydrogen) atoms. The molecular formula is C20H60O10. The molecule has 0 aromatic rings. The van der Waals surface area contributed by atoms with E-state index in [2.05, 4.69) is 0 Å². The lowest BCUT2D eigenvalue weighted by molar-refractivity contribution is 0.318. The van der Waals surface area contributed by atoms with Gasteiger partial charge in [0, 0.05) is 66.1 Å². The van der Waals surface area contributed by atoms with Gasteiger partial charge in [0.25, 0.3) is 0 Å². The number of aliphatic hydroxyl groups is 10. The molecule has 0 unspecified atom stereocenters. The number of hydrogen-bond donors (Lipinski definition) is 10. The molecule has 0 radical (unpaired) electrons. The Morgan fingerprint density at radius 1 is 0.200 bits per heavy atom. The van der Waals surface area contributed by atoms with Crippen LogP contribution >= 0.6 is 0 Å². The first-order valence-corrected chi connectivity index (χ1v) is 10.2. The first-order chi connectivity index (χ1) is 14.1. The van der Waals surface area contributed by atoms with Crippen molar-refractivity contribution < 1.29 is 51.1 Å². The van der Waals surface area contributed by atoms with Crippen molar-refractivity contribution in [2.75, 3.05) is 66.1 Å². The van der Waals surface area contributed by atoms with Crippen molar-refractivity contribution in [1.29, 1.82) is 0 Å². The van der Waals surface area contributed by atoms with Gasteiger partial charge in [-0.15, -0.1) is 0 Å². The molecule has 0 saturated heterocycles. The first-order valence-electron chi connectivity index (χ1n) is 10.2. The molecule has 200 valence electrons. The minimum Gasteiger partial charge on any atom is -0.397 e. The van der Waals surface area contributed by atoms with Gasteiger partial charge in [0.05, 0.1) is 0 Å². The van der Waals surface area contributed by atoms with Gasteiger partial charge in [-0.3, -0.25) is 0 Å². The van der Waals surface area contributed by atoms with Gasteiger partial charge in [0.2, 0.25) is 0 Å². The maximum Gasteiger partial charge on any atom is 0.0402 e. The van der Waals surface area contributed by atoms with Gasteiger partial charge in [-0.1, -0.05) is 0 Å². The van der Waals surface area contributed by atoms with Crippen LogP contribution in [0.2, 0.25) is 0 Å². The van der Waals surface area contributed by atoms with Crippen LogP contribution in [0, 0.1) is 0 Å². The summed E-state index contributed by atoms with van der Waals surface area (Å²) in [7, 11) is 0. The Bertz CT molecular complexity index is 60.8. The molecule has 10 nitrogen and oxygen atoms in total. The number of rotatable bonds is 0. The summed E-state index contributed by atoms with van der Waals surface area (Å²) in [5.74, 6) is 0. The Hall–Kier alpha value is -0.400. The average molecular weight is 461 g/mol. The third-order valence-corrected chi connectivity index (χ3v) is 0. The fourth-order valence-electron chi connectivity index (χ4n) is 0. The van der Waals surface area contributed by atoms with E-state index in [1.54, 1.807) is 69.2 Å². The van der Waals surface area contributed by atoms with E-state index in [4.69, 9.17) is 51.1 Å². The lowest BCUT2D eigenvalue weighted by Crippen LogP contribution is -1.57. The van der Waals surface area contributed by atoms with Gasteiger partial charge in [0.1, 0.15) is 0 Å². The zero-order chi connectivity index (χ0) is 27.1. The van der Waals surface area contributed by atoms with Crippen LogP contribution in [0.4, 0.5) is 0 Å². The summed E-state index contributed by atoms with van der Waals surface area (Å²) >= 11 is 0. The SMILES string of the molecule is CCO.CCO.CCO.CCO.CCO.CCO.CCO.CCO.CCO.CCO. The molecule has 0 bridgehead atoms. The highest BCUT2D eigenvalue weighted by molar-refractivity contribution is 3.86. The van der Waals surface area contributed by atoms with Crippen molar-refractivity contribution in [1.82, 2.24) is 0 Å². The Labute approximate surface area is 187 Å². The van der Waals surface area contributed by atoms with E-state index in [-0.39, 0.29) is 66.1 Å². The van der Waals surface area contributed by atoms with Crippen LogP contribution in [0.1, 0.15) is 69.2 Å². The molecule has 0 aromatic carbocycles. The van der Waals surface area contributed by atoms with Crippen LogP contribution in [-0.2, 0) is 0 Å². The van der Waals surface area contributed by atoms with E-state index in [1.807, 2.05) is 0 Å². The highest BCUT2D eigenvalue weighted by atomic mass is 16.3. The Morgan fingerprint density at radius 2 is 0.200 bits per heavy atom. The van der Waals surface area contributed by atoms with Gasteiger partial charge in [0.15, 0.2) is 0 Å². The maximum absolute atomic E-state index is 7.57. The summed E-state index contributed by atoms with van der Waals surface area (Å²) in [4.78, 5) is 0. The van der Waals surface area contributed by atoms with Crippen LogP contribution in [0.3, 0.4) is 0 Å². The second-order valence-electron chi connectivity index (χ2n) is 3.16. The van der Waals surface area contributed by atoms with Crippen LogP contribution in [-0.4, -0.2) is 117 Å². The number of aliphatic hydroxyl groups excluding tert-OH is 10.